The summed E-state index contributed by atoms with van der Waals surface area (Å²) < 4.78 is 0. The first-order valence-electron chi connectivity index (χ1n) is 9.55. The predicted molar refractivity (Wildman–Crippen MR) is 121 cm³/mol. The number of piperidine rings is 1. The molecule has 0 radical (unpaired) electrons. The zero-order chi connectivity index (χ0) is 17.9. The molecule has 2 N–H and O–H groups in total. The first-order chi connectivity index (χ1) is 12.0. The molecule has 0 spiro atoms. The fourth-order valence-electron chi connectivity index (χ4n) is 3.72. The minimum Gasteiger partial charge on any atom is -0.355 e. The molecule has 6 nitrogen and oxygen atoms in total. The molecule has 26 heavy (non-hydrogen) atoms. The minimum absolute atomic E-state index is 0. The number of nitrogens with zero attached hydrogens (tertiary/aromatic N) is 3. The van der Waals surface area contributed by atoms with E-state index in [-0.39, 0.29) is 29.5 Å². The average Bonchev–Trinajstić information content (AvgIpc) is 3.36. The Balaban J connectivity index is 0.00000243. The molecule has 1 saturated carbocycles. The molecule has 0 bridgehead atoms. The van der Waals surface area contributed by atoms with Crippen LogP contribution in [-0.4, -0.2) is 85.5 Å². The Bertz CT molecular complexity index is 498. The number of hydrogen-bond acceptors (Lipinski definition) is 4. The van der Waals surface area contributed by atoms with Gasteiger partial charge in [-0.2, -0.15) is 11.8 Å². The van der Waals surface area contributed by atoms with Crippen molar-refractivity contribution in [1.29, 1.82) is 0 Å². The SMILES string of the molecule is CN=C(NCC1(N(C)C)CCSC1)NC1CCN(C(=O)C2CC2)CC1.I. The highest BCUT2D eigenvalue weighted by Crippen LogP contribution is 2.32. The lowest BCUT2D eigenvalue weighted by molar-refractivity contribution is -0.133. The standard InChI is InChI=1S/C18H33N5OS.HI/c1-19-17(20-12-18(22(2)3)8-11-25-13-18)21-15-6-9-23(10-7-15)16(24)14-4-5-14;/h14-15H,4-13H2,1-3H3,(H2,19,20,21);1H. The molecular formula is C18H34IN5OS. The van der Waals surface area contributed by atoms with Crippen molar-refractivity contribution in [3.8, 4) is 0 Å². The van der Waals surface area contributed by atoms with Crippen molar-refractivity contribution in [3.63, 3.8) is 0 Å². The number of rotatable bonds is 5. The summed E-state index contributed by atoms with van der Waals surface area (Å²) in [4.78, 5) is 21.0. The molecule has 0 aromatic carbocycles. The molecule has 1 unspecified atom stereocenters. The van der Waals surface area contributed by atoms with Gasteiger partial charge in [0.15, 0.2) is 5.96 Å². The summed E-state index contributed by atoms with van der Waals surface area (Å²) in [6, 6.07) is 0.405. The summed E-state index contributed by atoms with van der Waals surface area (Å²) >= 11 is 2.04. The van der Waals surface area contributed by atoms with E-state index >= 15 is 0 Å². The number of halogens is 1. The number of carbonyl (C=O) groups excluding carboxylic acids is 1. The highest BCUT2D eigenvalue weighted by atomic mass is 127. The van der Waals surface area contributed by atoms with Crippen LogP contribution < -0.4 is 10.6 Å². The maximum atomic E-state index is 12.2. The number of nitrogens with one attached hydrogen (secondary N) is 2. The lowest BCUT2D eigenvalue weighted by Crippen LogP contribution is -2.56. The average molecular weight is 495 g/mol. The van der Waals surface area contributed by atoms with Gasteiger partial charge in [0.2, 0.25) is 5.91 Å². The molecule has 1 aliphatic carbocycles. The normalized spacial score (nSPS) is 27.4. The topological polar surface area (TPSA) is 60.0 Å². The van der Waals surface area contributed by atoms with Gasteiger partial charge in [-0.3, -0.25) is 9.79 Å². The van der Waals surface area contributed by atoms with Crippen molar-refractivity contribution in [2.24, 2.45) is 10.9 Å². The predicted octanol–water partition coefficient (Wildman–Crippen LogP) is 1.61. The molecule has 2 heterocycles. The van der Waals surface area contributed by atoms with Crippen molar-refractivity contribution in [3.05, 3.63) is 0 Å². The number of amides is 1. The molecule has 150 valence electrons. The van der Waals surface area contributed by atoms with Gasteiger partial charge >= 0.3 is 0 Å². The Kier molecular flexibility index (Phi) is 8.33. The second-order valence-corrected chi connectivity index (χ2v) is 8.97. The number of hydrogen-bond donors (Lipinski definition) is 2. The van der Waals surface area contributed by atoms with E-state index in [1.54, 1.807) is 0 Å². The van der Waals surface area contributed by atoms with Gasteiger partial charge in [0.05, 0.1) is 0 Å². The number of carbonyl (C=O) groups is 1. The summed E-state index contributed by atoms with van der Waals surface area (Å²) in [5.74, 6) is 4.02. The Morgan fingerprint density at radius 1 is 1.27 bits per heavy atom. The summed E-state index contributed by atoms with van der Waals surface area (Å²) in [6.45, 7) is 2.68. The van der Waals surface area contributed by atoms with Crippen molar-refractivity contribution < 1.29 is 4.79 Å². The maximum Gasteiger partial charge on any atom is 0.225 e. The fraction of sp³-hybridized carbons (Fsp3) is 0.889. The molecule has 3 rings (SSSR count). The lowest BCUT2D eigenvalue weighted by atomic mass is 9.97. The summed E-state index contributed by atoms with van der Waals surface area (Å²) in [6.07, 6.45) is 5.43. The quantitative estimate of drug-likeness (QED) is 0.345. The van der Waals surface area contributed by atoms with Gasteiger partial charge in [-0.25, -0.2) is 0 Å². The Morgan fingerprint density at radius 2 is 1.96 bits per heavy atom. The number of likely N-dealkylation sites (tertiary alicyclic amines) is 1. The van der Waals surface area contributed by atoms with Crippen LogP contribution >= 0.6 is 35.7 Å². The van der Waals surface area contributed by atoms with Gasteiger partial charge in [-0.15, -0.1) is 24.0 Å². The summed E-state index contributed by atoms with van der Waals surface area (Å²) in [7, 11) is 6.19. The van der Waals surface area contributed by atoms with E-state index < -0.39 is 0 Å². The monoisotopic (exact) mass is 495 g/mol. The van der Waals surface area contributed by atoms with Crippen LogP contribution in [0.15, 0.2) is 4.99 Å². The molecule has 0 aromatic rings. The van der Waals surface area contributed by atoms with Gasteiger partial charge in [-0.05, 0) is 52.0 Å². The van der Waals surface area contributed by atoms with Crippen molar-refractivity contribution in [2.75, 3.05) is 52.3 Å². The van der Waals surface area contributed by atoms with Gasteiger partial charge in [0.1, 0.15) is 0 Å². The van der Waals surface area contributed by atoms with E-state index in [1.165, 1.54) is 17.9 Å². The first kappa shape index (κ1) is 22.1. The largest absolute Gasteiger partial charge is 0.355 e. The molecular weight excluding hydrogens is 461 g/mol. The molecule has 3 fully saturated rings. The van der Waals surface area contributed by atoms with Crippen LogP contribution in [0.2, 0.25) is 0 Å². The van der Waals surface area contributed by atoms with E-state index in [0.29, 0.717) is 17.9 Å². The summed E-state index contributed by atoms with van der Waals surface area (Å²) in [5, 5.41) is 7.11. The number of thioether (sulfide) groups is 1. The van der Waals surface area contributed by atoms with Crippen LogP contribution in [0.1, 0.15) is 32.1 Å². The van der Waals surface area contributed by atoms with Gasteiger partial charge in [0.25, 0.3) is 0 Å². The third-order valence-electron chi connectivity index (χ3n) is 5.91. The Labute approximate surface area is 179 Å². The van der Waals surface area contributed by atoms with E-state index in [9.17, 15) is 4.79 Å². The number of guanidine groups is 1. The molecule has 2 aliphatic heterocycles. The lowest BCUT2D eigenvalue weighted by Gasteiger charge is -2.37. The smallest absolute Gasteiger partial charge is 0.225 e. The van der Waals surface area contributed by atoms with Crippen LogP contribution in [-0.2, 0) is 4.79 Å². The van der Waals surface area contributed by atoms with Gasteiger partial charge in [0, 0.05) is 49.9 Å². The molecule has 2 saturated heterocycles. The molecule has 1 amide bonds. The number of likely N-dealkylation sites (N-methyl/N-ethyl adjacent to an activating group) is 1. The number of aliphatic imine (C=N–C) groups is 1. The summed E-state index contributed by atoms with van der Waals surface area (Å²) in [5.41, 5.74) is 0.225. The highest BCUT2D eigenvalue weighted by molar-refractivity contribution is 14.0. The van der Waals surface area contributed by atoms with Crippen LogP contribution in [0.5, 0.6) is 0 Å². The van der Waals surface area contributed by atoms with Crippen molar-refractivity contribution >= 4 is 47.6 Å². The van der Waals surface area contributed by atoms with Crippen LogP contribution in [0.3, 0.4) is 0 Å². The Hall–Kier alpha value is -0.220. The maximum absolute atomic E-state index is 12.2. The zero-order valence-corrected chi connectivity index (χ0v) is 19.4. The molecule has 0 aromatic heterocycles. The van der Waals surface area contributed by atoms with Gasteiger partial charge < -0.3 is 20.4 Å². The van der Waals surface area contributed by atoms with Crippen molar-refractivity contribution in [1.82, 2.24) is 20.4 Å². The zero-order valence-electron chi connectivity index (χ0n) is 16.3. The Morgan fingerprint density at radius 3 is 2.46 bits per heavy atom. The molecule has 1 atom stereocenters. The highest BCUT2D eigenvalue weighted by Gasteiger charge is 2.37. The minimum atomic E-state index is 0. The van der Waals surface area contributed by atoms with Crippen LogP contribution in [0.25, 0.3) is 0 Å². The van der Waals surface area contributed by atoms with E-state index in [1.807, 2.05) is 18.8 Å². The van der Waals surface area contributed by atoms with Crippen LogP contribution in [0.4, 0.5) is 0 Å². The van der Waals surface area contributed by atoms with Gasteiger partial charge in [-0.1, -0.05) is 0 Å². The van der Waals surface area contributed by atoms with Crippen LogP contribution in [0, 0.1) is 5.92 Å². The molecule has 3 aliphatic rings. The fourth-order valence-corrected chi connectivity index (χ4v) is 5.27. The van der Waals surface area contributed by atoms with Crippen molar-refractivity contribution in [2.45, 2.75) is 43.7 Å². The second kappa shape index (κ2) is 9.82. The molecule has 8 heteroatoms. The van der Waals surface area contributed by atoms with E-state index in [2.05, 4.69) is 39.5 Å². The third-order valence-corrected chi connectivity index (χ3v) is 7.15. The first-order valence-corrected chi connectivity index (χ1v) is 10.7. The van der Waals surface area contributed by atoms with E-state index in [0.717, 1.165) is 51.3 Å². The van der Waals surface area contributed by atoms with E-state index in [4.69, 9.17) is 0 Å². The third kappa shape index (κ3) is 5.41. The second-order valence-electron chi connectivity index (χ2n) is 7.87.